The third kappa shape index (κ3) is 3.16. The molecule has 4 N–H and O–H groups in total. The highest BCUT2D eigenvalue weighted by atomic mass is 16.3. The lowest BCUT2D eigenvalue weighted by molar-refractivity contribution is -0.117. The first kappa shape index (κ1) is 13.9. The molecule has 0 saturated heterocycles. The van der Waals surface area contributed by atoms with Crippen molar-refractivity contribution in [2.75, 3.05) is 6.54 Å². The highest BCUT2D eigenvalue weighted by molar-refractivity contribution is 5.92. The first-order valence-corrected chi connectivity index (χ1v) is 5.51. The standard InChI is InChI=1S/C13H17NO4/c1-7(2)13(18)14-6-8(3)9-4-10(15)12(17)11(16)5-9/h4-5,8,15-17H,1,6H2,2-3H3,(H,14,18). The number of amides is 1. The predicted molar refractivity (Wildman–Crippen MR) is 67.7 cm³/mol. The van der Waals surface area contributed by atoms with E-state index in [2.05, 4.69) is 11.9 Å². The Morgan fingerprint density at radius 2 is 1.83 bits per heavy atom. The van der Waals surface area contributed by atoms with E-state index < -0.39 is 5.75 Å². The van der Waals surface area contributed by atoms with Gasteiger partial charge in [-0.05, 0) is 30.5 Å². The normalized spacial score (nSPS) is 11.9. The smallest absolute Gasteiger partial charge is 0.246 e. The fraction of sp³-hybridized carbons (Fsp3) is 0.308. The Balaban J connectivity index is 2.76. The SMILES string of the molecule is C=C(C)C(=O)NCC(C)c1cc(O)c(O)c(O)c1. The molecule has 1 atom stereocenters. The molecule has 18 heavy (non-hydrogen) atoms. The molecule has 0 aliphatic rings. The van der Waals surface area contributed by atoms with Crippen molar-refractivity contribution >= 4 is 5.91 Å². The molecule has 0 bridgehead atoms. The van der Waals surface area contributed by atoms with Crippen LogP contribution in [0, 0.1) is 0 Å². The quantitative estimate of drug-likeness (QED) is 0.483. The van der Waals surface area contributed by atoms with Crippen LogP contribution in [0.4, 0.5) is 0 Å². The molecule has 5 heteroatoms. The molecule has 0 fully saturated rings. The fourth-order valence-corrected chi connectivity index (χ4v) is 1.42. The molecule has 1 unspecified atom stereocenters. The first-order valence-electron chi connectivity index (χ1n) is 5.51. The lowest BCUT2D eigenvalue weighted by Crippen LogP contribution is -2.27. The number of carbonyl (C=O) groups excluding carboxylic acids is 1. The van der Waals surface area contributed by atoms with Crippen LogP contribution in [0.15, 0.2) is 24.3 Å². The van der Waals surface area contributed by atoms with Gasteiger partial charge in [-0.3, -0.25) is 4.79 Å². The molecule has 0 aliphatic heterocycles. The van der Waals surface area contributed by atoms with Crippen LogP contribution in [-0.2, 0) is 4.79 Å². The van der Waals surface area contributed by atoms with E-state index in [4.69, 9.17) is 0 Å². The van der Waals surface area contributed by atoms with Gasteiger partial charge in [-0.25, -0.2) is 0 Å². The molecule has 98 valence electrons. The van der Waals surface area contributed by atoms with Gasteiger partial charge in [0.15, 0.2) is 17.2 Å². The molecule has 1 aromatic carbocycles. The summed E-state index contributed by atoms with van der Waals surface area (Å²) >= 11 is 0. The van der Waals surface area contributed by atoms with E-state index >= 15 is 0 Å². The van der Waals surface area contributed by atoms with E-state index in [9.17, 15) is 20.1 Å². The maximum atomic E-state index is 11.3. The zero-order valence-corrected chi connectivity index (χ0v) is 10.4. The molecule has 1 rings (SSSR count). The van der Waals surface area contributed by atoms with Crippen LogP contribution in [0.1, 0.15) is 25.3 Å². The van der Waals surface area contributed by atoms with Gasteiger partial charge in [-0.2, -0.15) is 0 Å². The van der Waals surface area contributed by atoms with Crippen molar-refractivity contribution < 1.29 is 20.1 Å². The average Bonchev–Trinajstić information content (AvgIpc) is 2.31. The van der Waals surface area contributed by atoms with Crippen LogP contribution in [0.2, 0.25) is 0 Å². The van der Waals surface area contributed by atoms with Gasteiger partial charge in [0.25, 0.3) is 0 Å². The van der Waals surface area contributed by atoms with Crippen molar-refractivity contribution in [3.05, 3.63) is 29.8 Å². The Morgan fingerprint density at radius 1 is 1.33 bits per heavy atom. The summed E-state index contributed by atoms with van der Waals surface area (Å²) in [7, 11) is 0. The molecule has 1 amide bonds. The van der Waals surface area contributed by atoms with E-state index in [1.165, 1.54) is 12.1 Å². The molecule has 0 aromatic heterocycles. The number of phenolic OH excluding ortho intramolecular Hbond substituents is 3. The van der Waals surface area contributed by atoms with Crippen LogP contribution in [0.5, 0.6) is 17.2 Å². The summed E-state index contributed by atoms with van der Waals surface area (Å²) in [4.78, 5) is 11.3. The number of benzene rings is 1. The van der Waals surface area contributed by atoms with Gasteiger partial charge in [0.05, 0.1) is 0 Å². The van der Waals surface area contributed by atoms with Gasteiger partial charge in [-0.15, -0.1) is 0 Å². The van der Waals surface area contributed by atoms with Crippen molar-refractivity contribution in [2.24, 2.45) is 0 Å². The van der Waals surface area contributed by atoms with Crippen molar-refractivity contribution in [3.63, 3.8) is 0 Å². The number of carbonyl (C=O) groups is 1. The highest BCUT2D eigenvalue weighted by Gasteiger charge is 2.13. The minimum absolute atomic E-state index is 0.120. The Kier molecular flexibility index (Phi) is 4.20. The van der Waals surface area contributed by atoms with E-state index in [1.54, 1.807) is 6.92 Å². The maximum absolute atomic E-state index is 11.3. The summed E-state index contributed by atoms with van der Waals surface area (Å²) in [6.45, 7) is 7.30. The molecule has 1 aromatic rings. The van der Waals surface area contributed by atoms with E-state index in [-0.39, 0.29) is 23.3 Å². The minimum atomic E-state index is -0.545. The molecule has 0 saturated carbocycles. The first-order chi connectivity index (χ1) is 8.32. The van der Waals surface area contributed by atoms with Crippen LogP contribution >= 0.6 is 0 Å². The molecule has 0 heterocycles. The van der Waals surface area contributed by atoms with Gasteiger partial charge in [-0.1, -0.05) is 13.5 Å². The van der Waals surface area contributed by atoms with Gasteiger partial charge in [0.2, 0.25) is 5.91 Å². The molecular weight excluding hydrogens is 234 g/mol. The maximum Gasteiger partial charge on any atom is 0.246 e. The van der Waals surface area contributed by atoms with Gasteiger partial charge in [0.1, 0.15) is 0 Å². The Labute approximate surface area is 105 Å². The van der Waals surface area contributed by atoms with Gasteiger partial charge in [0, 0.05) is 12.1 Å². The second-order valence-electron chi connectivity index (χ2n) is 4.30. The summed E-state index contributed by atoms with van der Waals surface area (Å²) < 4.78 is 0. The number of aromatic hydroxyl groups is 3. The number of phenols is 3. The summed E-state index contributed by atoms with van der Waals surface area (Å²) in [6.07, 6.45) is 0. The molecular formula is C13H17NO4. The van der Waals surface area contributed by atoms with Crippen LogP contribution in [-0.4, -0.2) is 27.8 Å². The van der Waals surface area contributed by atoms with Gasteiger partial charge >= 0.3 is 0 Å². The van der Waals surface area contributed by atoms with Gasteiger partial charge < -0.3 is 20.6 Å². The zero-order valence-electron chi connectivity index (χ0n) is 10.4. The number of rotatable bonds is 4. The summed E-state index contributed by atoms with van der Waals surface area (Å²) in [6, 6.07) is 2.71. The van der Waals surface area contributed by atoms with Crippen LogP contribution in [0.3, 0.4) is 0 Å². The van der Waals surface area contributed by atoms with Crippen molar-refractivity contribution in [1.82, 2.24) is 5.32 Å². The number of hydrogen-bond donors (Lipinski definition) is 4. The lowest BCUT2D eigenvalue weighted by atomic mass is 10.00. The topological polar surface area (TPSA) is 89.8 Å². The largest absolute Gasteiger partial charge is 0.504 e. The molecule has 5 nitrogen and oxygen atoms in total. The fourth-order valence-electron chi connectivity index (χ4n) is 1.42. The third-order valence-electron chi connectivity index (χ3n) is 2.62. The Bertz CT molecular complexity index is 459. The Morgan fingerprint density at radius 3 is 2.28 bits per heavy atom. The minimum Gasteiger partial charge on any atom is -0.504 e. The molecule has 0 aliphatic carbocycles. The zero-order chi connectivity index (χ0) is 13.9. The van der Waals surface area contributed by atoms with Crippen molar-refractivity contribution in [2.45, 2.75) is 19.8 Å². The molecule has 0 radical (unpaired) electrons. The average molecular weight is 251 g/mol. The van der Waals surface area contributed by atoms with E-state index in [0.29, 0.717) is 17.7 Å². The third-order valence-corrected chi connectivity index (χ3v) is 2.62. The van der Waals surface area contributed by atoms with Crippen LogP contribution < -0.4 is 5.32 Å². The molecule has 0 spiro atoms. The second-order valence-corrected chi connectivity index (χ2v) is 4.30. The second kappa shape index (κ2) is 5.44. The number of nitrogens with one attached hydrogen (secondary N) is 1. The van der Waals surface area contributed by atoms with E-state index in [0.717, 1.165) is 0 Å². The summed E-state index contributed by atoms with van der Waals surface area (Å²) in [5.41, 5.74) is 1.03. The number of hydrogen-bond acceptors (Lipinski definition) is 4. The monoisotopic (exact) mass is 251 g/mol. The van der Waals surface area contributed by atoms with Crippen molar-refractivity contribution in [3.8, 4) is 17.2 Å². The lowest BCUT2D eigenvalue weighted by Gasteiger charge is -2.14. The predicted octanol–water partition coefficient (Wildman–Crippen LogP) is 1.60. The summed E-state index contributed by atoms with van der Waals surface area (Å²) in [5, 5.41) is 30.7. The highest BCUT2D eigenvalue weighted by Crippen LogP contribution is 2.37. The Hall–Kier alpha value is -2.17. The van der Waals surface area contributed by atoms with Crippen LogP contribution in [0.25, 0.3) is 0 Å². The van der Waals surface area contributed by atoms with E-state index in [1.807, 2.05) is 6.92 Å². The summed E-state index contributed by atoms with van der Waals surface area (Å²) in [5.74, 6) is -1.68. The van der Waals surface area contributed by atoms with Crippen molar-refractivity contribution in [1.29, 1.82) is 0 Å².